The van der Waals surface area contributed by atoms with Crippen LogP contribution in [0.15, 0.2) is 29.1 Å². The third-order valence-corrected chi connectivity index (χ3v) is 4.42. The van der Waals surface area contributed by atoms with E-state index in [9.17, 15) is 4.79 Å². The molecule has 3 aromatic rings. The minimum atomic E-state index is -0.230. The van der Waals surface area contributed by atoms with Crippen LogP contribution in [0.25, 0.3) is 9.88 Å². The molecule has 2 N–H and O–H groups in total. The van der Waals surface area contributed by atoms with Gasteiger partial charge in [-0.2, -0.15) is 5.10 Å². The zero-order valence-electron chi connectivity index (χ0n) is 10.0. The number of carbonyl (C=O) groups is 1. The molecular weight excluding hydrogens is 280 g/mol. The lowest BCUT2D eigenvalue weighted by atomic mass is 10.3. The van der Waals surface area contributed by atoms with E-state index in [4.69, 9.17) is 0 Å². The van der Waals surface area contributed by atoms with Crippen molar-refractivity contribution in [1.82, 2.24) is 15.2 Å². The van der Waals surface area contributed by atoms with Gasteiger partial charge in [0.2, 0.25) is 0 Å². The van der Waals surface area contributed by atoms with Crippen molar-refractivity contribution in [2.45, 2.75) is 6.92 Å². The van der Waals surface area contributed by atoms with Crippen LogP contribution in [0.2, 0.25) is 0 Å². The van der Waals surface area contributed by atoms with E-state index in [1.165, 1.54) is 11.3 Å². The first kappa shape index (κ1) is 12.1. The predicted octanol–water partition coefficient (Wildman–Crippen LogP) is 3.16. The SMILES string of the molecule is Cc1cn[nH]c1NC(=O)c1csc(-c2cccs2)n1. The van der Waals surface area contributed by atoms with Crippen LogP contribution >= 0.6 is 22.7 Å². The Hall–Kier alpha value is -1.99. The largest absolute Gasteiger partial charge is 0.305 e. The lowest BCUT2D eigenvalue weighted by Crippen LogP contribution is -2.13. The molecule has 0 spiro atoms. The first-order valence-electron chi connectivity index (χ1n) is 5.55. The fourth-order valence-electron chi connectivity index (χ4n) is 1.54. The van der Waals surface area contributed by atoms with E-state index < -0.39 is 0 Å². The van der Waals surface area contributed by atoms with Gasteiger partial charge in [-0.15, -0.1) is 22.7 Å². The standard InChI is InChI=1S/C12H10N4OS2/c1-7-5-13-16-10(7)15-11(17)8-6-19-12(14-8)9-3-2-4-18-9/h2-6H,1H3,(H2,13,15,16,17). The number of aromatic amines is 1. The Morgan fingerprint density at radius 3 is 3.00 bits per heavy atom. The summed E-state index contributed by atoms with van der Waals surface area (Å²) >= 11 is 3.07. The molecule has 3 heterocycles. The highest BCUT2D eigenvalue weighted by Gasteiger charge is 2.13. The van der Waals surface area contributed by atoms with Crippen molar-refractivity contribution in [3.63, 3.8) is 0 Å². The minimum absolute atomic E-state index is 0.230. The van der Waals surface area contributed by atoms with Crippen molar-refractivity contribution in [2.75, 3.05) is 5.32 Å². The summed E-state index contributed by atoms with van der Waals surface area (Å²) in [7, 11) is 0. The highest BCUT2D eigenvalue weighted by Crippen LogP contribution is 2.28. The Balaban J connectivity index is 1.80. The number of H-pyrrole nitrogens is 1. The molecule has 0 radical (unpaired) electrons. The first-order chi connectivity index (χ1) is 9.24. The molecule has 5 nitrogen and oxygen atoms in total. The number of rotatable bonds is 3. The quantitative estimate of drug-likeness (QED) is 0.778. The van der Waals surface area contributed by atoms with E-state index in [2.05, 4.69) is 20.5 Å². The van der Waals surface area contributed by atoms with E-state index in [-0.39, 0.29) is 5.91 Å². The van der Waals surface area contributed by atoms with Gasteiger partial charge in [0, 0.05) is 10.9 Å². The molecule has 0 aliphatic carbocycles. The van der Waals surface area contributed by atoms with Gasteiger partial charge in [-0.1, -0.05) is 6.07 Å². The molecule has 0 aliphatic heterocycles. The van der Waals surface area contributed by atoms with Gasteiger partial charge in [0.25, 0.3) is 5.91 Å². The maximum absolute atomic E-state index is 12.0. The normalized spacial score (nSPS) is 10.6. The number of aromatic nitrogens is 3. The number of amides is 1. The smallest absolute Gasteiger partial charge is 0.276 e. The number of nitrogens with zero attached hydrogens (tertiary/aromatic N) is 2. The second-order valence-corrected chi connectivity index (χ2v) is 5.70. The number of hydrogen-bond donors (Lipinski definition) is 2. The second kappa shape index (κ2) is 4.94. The maximum Gasteiger partial charge on any atom is 0.276 e. The molecule has 0 saturated carbocycles. The van der Waals surface area contributed by atoms with Crippen LogP contribution in [0.3, 0.4) is 0 Å². The average Bonchev–Trinajstić information content (AvgIpc) is 3.09. The Morgan fingerprint density at radius 2 is 2.32 bits per heavy atom. The molecule has 3 rings (SSSR count). The number of hydrogen-bond acceptors (Lipinski definition) is 5. The molecule has 0 atom stereocenters. The third kappa shape index (κ3) is 2.42. The Labute approximate surface area is 117 Å². The molecule has 7 heteroatoms. The van der Waals surface area contributed by atoms with Gasteiger partial charge in [0.1, 0.15) is 16.5 Å². The van der Waals surface area contributed by atoms with Crippen LogP contribution < -0.4 is 5.32 Å². The van der Waals surface area contributed by atoms with Crippen molar-refractivity contribution in [3.8, 4) is 9.88 Å². The van der Waals surface area contributed by atoms with Crippen molar-refractivity contribution in [2.24, 2.45) is 0 Å². The molecule has 1 amide bonds. The summed E-state index contributed by atoms with van der Waals surface area (Å²) in [6, 6.07) is 3.96. The van der Waals surface area contributed by atoms with Crippen molar-refractivity contribution in [1.29, 1.82) is 0 Å². The number of nitrogens with one attached hydrogen (secondary N) is 2. The summed E-state index contributed by atoms with van der Waals surface area (Å²) in [6.07, 6.45) is 1.66. The van der Waals surface area contributed by atoms with E-state index in [1.54, 1.807) is 22.9 Å². The van der Waals surface area contributed by atoms with E-state index in [0.717, 1.165) is 15.4 Å². The fraction of sp³-hybridized carbons (Fsp3) is 0.0833. The molecule has 0 saturated heterocycles. The number of anilines is 1. The van der Waals surface area contributed by atoms with E-state index >= 15 is 0 Å². The monoisotopic (exact) mass is 290 g/mol. The van der Waals surface area contributed by atoms with E-state index in [0.29, 0.717) is 11.5 Å². The van der Waals surface area contributed by atoms with Gasteiger partial charge >= 0.3 is 0 Å². The summed E-state index contributed by atoms with van der Waals surface area (Å²) in [4.78, 5) is 17.5. The molecule has 19 heavy (non-hydrogen) atoms. The van der Waals surface area contributed by atoms with Crippen molar-refractivity contribution < 1.29 is 4.79 Å². The lowest BCUT2D eigenvalue weighted by Gasteiger charge is -2.00. The zero-order valence-corrected chi connectivity index (χ0v) is 11.6. The van der Waals surface area contributed by atoms with E-state index in [1.807, 2.05) is 24.4 Å². The summed E-state index contributed by atoms with van der Waals surface area (Å²) in [5.41, 5.74) is 1.31. The van der Waals surface area contributed by atoms with Crippen LogP contribution in [0.4, 0.5) is 5.82 Å². The average molecular weight is 290 g/mol. The van der Waals surface area contributed by atoms with Crippen molar-refractivity contribution >= 4 is 34.4 Å². The minimum Gasteiger partial charge on any atom is -0.305 e. The van der Waals surface area contributed by atoms with Crippen LogP contribution in [0.5, 0.6) is 0 Å². The lowest BCUT2D eigenvalue weighted by molar-refractivity contribution is 0.102. The Morgan fingerprint density at radius 1 is 1.42 bits per heavy atom. The first-order valence-corrected chi connectivity index (χ1v) is 7.30. The third-order valence-electron chi connectivity index (χ3n) is 2.54. The maximum atomic E-state index is 12.0. The Kier molecular flexibility index (Phi) is 3.14. The highest BCUT2D eigenvalue weighted by molar-refractivity contribution is 7.20. The van der Waals surface area contributed by atoms with Gasteiger partial charge < -0.3 is 5.32 Å². The second-order valence-electron chi connectivity index (χ2n) is 3.90. The van der Waals surface area contributed by atoms with Gasteiger partial charge in [0.15, 0.2) is 0 Å². The number of thiazole rings is 1. The van der Waals surface area contributed by atoms with Crippen molar-refractivity contribution in [3.05, 3.63) is 40.3 Å². The highest BCUT2D eigenvalue weighted by atomic mass is 32.1. The molecular formula is C12H10N4OS2. The number of carbonyl (C=O) groups excluding carboxylic acids is 1. The molecule has 3 aromatic heterocycles. The topological polar surface area (TPSA) is 70.7 Å². The summed E-state index contributed by atoms with van der Waals surface area (Å²) < 4.78 is 0. The molecule has 0 aromatic carbocycles. The van der Waals surface area contributed by atoms with Gasteiger partial charge in [-0.3, -0.25) is 9.89 Å². The summed E-state index contributed by atoms with van der Waals surface area (Å²) in [5, 5.41) is 14.0. The molecule has 0 bridgehead atoms. The number of thiophene rings is 1. The van der Waals surface area contributed by atoms with Crippen LogP contribution in [0, 0.1) is 6.92 Å². The van der Waals surface area contributed by atoms with Crippen LogP contribution in [-0.2, 0) is 0 Å². The van der Waals surface area contributed by atoms with Gasteiger partial charge in [-0.05, 0) is 18.4 Å². The summed E-state index contributed by atoms with van der Waals surface area (Å²) in [5.74, 6) is 0.377. The fourth-order valence-corrected chi connectivity index (χ4v) is 3.16. The van der Waals surface area contributed by atoms with Gasteiger partial charge in [0.05, 0.1) is 11.1 Å². The Bertz CT molecular complexity index is 699. The molecule has 0 unspecified atom stereocenters. The predicted molar refractivity (Wildman–Crippen MR) is 76.7 cm³/mol. The number of aryl methyl sites for hydroxylation is 1. The molecule has 0 fully saturated rings. The van der Waals surface area contributed by atoms with Crippen LogP contribution in [-0.4, -0.2) is 21.1 Å². The van der Waals surface area contributed by atoms with Gasteiger partial charge in [-0.25, -0.2) is 4.98 Å². The zero-order chi connectivity index (χ0) is 13.2. The molecule has 96 valence electrons. The molecule has 0 aliphatic rings. The summed E-state index contributed by atoms with van der Waals surface area (Å²) in [6.45, 7) is 1.87. The van der Waals surface area contributed by atoms with Crippen LogP contribution in [0.1, 0.15) is 16.1 Å².